The third-order valence-electron chi connectivity index (χ3n) is 5.78. The summed E-state index contributed by atoms with van der Waals surface area (Å²) in [6.07, 6.45) is 3.17. The lowest BCUT2D eigenvalue weighted by molar-refractivity contribution is -0.138. The van der Waals surface area contributed by atoms with Crippen molar-refractivity contribution in [3.8, 4) is 5.69 Å². The van der Waals surface area contributed by atoms with Gasteiger partial charge in [0.2, 0.25) is 5.95 Å². The lowest BCUT2D eigenvalue weighted by atomic mass is 9.88. The van der Waals surface area contributed by atoms with Gasteiger partial charge in [-0.1, -0.05) is 18.2 Å². The van der Waals surface area contributed by atoms with Crippen molar-refractivity contribution in [1.82, 2.24) is 29.3 Å². The minimum atomic E-state index is -4.45. The number of aromatic nitrogens is 6. The quantitative estimate of drug-likeness (QED) is 0.296. The molecule has 4 aromatic rings. The van der Waals surface area contributed by atoms with Gasteiger partial charge in [0, 0.05) is 18.7 Å². The smallest absolute Gasteiger partial charge is 0.302 e. The van der Waals surface area contributed by atoms with Gasteiger partial charge in [-0.25, -0.2) is 19.6 Å². The summed E-state index contributed by atoms with van der Waals surface area (Å²) < 4.78 is 58.4. The highest BCUT2D eigenvalue weighted by atomic mass is 19.4. The summed E-state index contributed by atoms with van der Waals surface area (Å²) >= 11 is 0. The first-order valence-corrected chi connectivity index (χ1v) is 10.8. The van der Waals surface area contributed by atoms with Crippen molar-refractivity contribution in [2.45, 2.75) is 38.4 Å². The lowest BCUT2D eigenvalue weighted by Crippen LogP contribution is -2.21. The summed E-state index contributed by atoms with van der Waals surface area (Å²) in [5, 5.41) is 4.43. The van der Waals surface area contributed by atoms with Crippen LogP contribution in [0.2, 0.25) is 0 Å². The molecule has 1 aliphatic rings. The second kappa shape index (κ2) is 8.51. The molecular weight excluding hydrogens is 448 g/mol. The van der Waals surface area contributed by atoms with Crippen LogP contribution in [0.15, 0.2) is 48.9 Å². The van der Waals surface area contributed by atoms with Crippen LogP contribution in [0.25, 0.3) is 17.8 Å². The van der Waals surface area contributed by atoms with Gasteiger partial charge in [-0.05, 0) is 55.7 Å². The molecule has 174 valence electrons. The molecule has 0 saturated carbocycles. The fraction of sp³-hybridized carbons (Fsp3) is 0.250. The summed E-state index contributed by atoms with van der Waals surface area (Å²) in [5.41, 5.74) is 0.952. The molecule has 0 fully saturated rings. The third kappa shape index (κ3) is 4.23. The molecule has 1 atom stereocenters. The summed E-state index contributed by atoms with van der Waals surface area (Å²) in [5.74, 6) is -0.328. The Kier molecular flexibility index (Phi) is 5.51. The van der Waals surface area contributed by atoms with Crippen LogP contribution in [-0.2, 0) is 12.7 Å². The standard InChI is InChI=1S/C24H20F4N6/c1-15-13-33(14-29-15)20-10-8-16(30-22(20)25)9-11-21-31-23-18(6-4-12-34(23)32-21)17-5-2-3-7-19(17)24(26,27)28/h2-3,5,7-11,13-14,18H,4,6,12H2,1H3/t18-/m1/s1. The molecule has 1 aliphatic heterocycles. The second-order valence-electron chi connectivity index (χ2n) is 8.13. The number of nitrogens with zero attached hydrogens (tertiary/aromatic N) is 6. The van der Waals surface area contributed by atoms with E-state index in [1.165, 1.54) is 18.5 Å². The molecule has 0 radical (unpaired) electrons. The van der Waals surface area contributed by atoms with Crippen LogP contribution in [0, 0.1) is 12.9 Å². The maximum absolute atomic E-state index is 14.5. The molecule has 0 aliphatic carbocycles. The number of alkyl halides is 3. The first-order chi connectivity index (χ1) is 16.3. The molecule has 34 heavy (non-hydrogen) atoms. The predicted octanol–water partition coefficient (Wildman–Crippen LogP) is 5.42. The van der Waals surface area contributed by atoms with Gasteiger partial charge in [-0.2, -0.15) is 22.7 Å². The molecule has 0 unspecified atom stereocenters. The number of fused-ring (bicyclic) bond motifs is 1. The molecule has 0 N–H and O–H groups in total. The van der Waals surface area contributed by atoms with Crippen molar-refractivity contribution < 1.29 is 17.6 Å². The Labute approximate surface area is 192 Å². The van der Waals surface area contributed by atoms with Crippen molar-refractivity contribution in [3.63, 3.8) is 0 Å². The van der Waals surface area contributed by atoms with E-state index >= 15 is 0 Å². The molecule has 0 saturated heterocycles. The zero-order chi connectivity index (χ0) is 23.9. The predicted molar refractivity (Wildman–Crippen MR) is 118 cm³/mol. The van der Waals surface area contributed by atoms with Crippen LogP contribution < -0.4 is 0 Å². The van der Waals surface area contributed by atoms with Gasteiger partial charge >= 0.3 is 6.18 Å². The van der Waals surface area contributed by atoms with Crippen molar-refractivity contribution >= 4 is 12.2 Å². The SMILES string of the molecule is Cc1cn(-c2ccc(C=Cc3nc4n(n3)CCC[C@@H]4c3ccccc3C(F)(F)F)nc2F)cn1. The number of halogens is 4. The van der Waals surface area contributed by atoms with Gasteiger partial charge < -0.3 is 4.57 Å². The number of rotatable bonds is 4. The molecule has 5 rings (SSSR count). The van der Waals surface area contributed by atoms with Crippen LogP contribution >= 0.6 is 0 Å². The third-order valence-corrected chi connectivity index (χ3v) is 5.78. The monoisotopic (exact) mass is 468 g/mol. The molecule has 0 spiro atoms. The summed E-state index contributed by atoms with van der Waals surface area (Å²) in [4.78, 5) is 12.6. The molecule has 4 heterocycles. The molecule has 0 bridgehead atoms. The van der Waals surface area contributed by atoms with Crippen LogP contribution in [0.1, 0.15) is 52.9 Å². The zero-order valence-corrected chi connectivity index (χ0v) is 18.2. The molecular formula is C24H20F4N6. The van der Waals surface area contributed by atoms with Gasteiger partial charge in [0.1, 0.15) is 11.5 Å². The van der Waals surface area contributed by atoms with E-state index in [0.29, 0.717) is 36.7 Å². The molecule has 0 amide bonds. The Morgan fingerprint density at radius 1 is 1.06 bits per heavy atom. The van der Waals surface area contributed by atoms with E-state index in [-0.39, 0.29) is 11.3 Å². The van der Waals surface area contributed by atoms with Crippen LogP contribution in [0.5, 0.6) is 0 Å². The Morgan fingerprint density at radius 3 is 2.62 bits per heavy atom. The highest BCUT2D eigenvalue weighted by molar-refractivity contribution is 5.65. The Hall–Kier alpha value is -3.82. The van der Waals surface area contributed by atoms with Gasteiger partial charge in [-0.3, -0.25) is 0 Å². The van der Waals surface area contributed by atoms with E-state index in [9.17, 15) is 17.6 Å². The fourth-order valence-corrected chi connectivity index (χ4v) is 4.23. The van der Waals surface area contributed by atoms with Crippen LogP contribution in [-0.4, -0.2) is 29.3 Å². The number of hydrogen-bond donors (Lipinski definition) is 0. The van der Waals surface area contributed by atoms with E-state index in [4.69, 9.17) is 0 Å². The maximum atomic E-state index is 14.5. The van der Waals surface area contributed by atoms with E-state index in [1.54, 1.807) is 45.8 Å². The highest BCUT2D eigenvalue weighted by Crippen LogP contribution is 2.40. The second-order valence-corrected chi connectivity index (χ2v) is 8.13. The van der Waals surface area contributed by atoms with Gasteiger partial charge in [-0.15, -0.1) is 0 Å². The molecule has 1 aromatic carbocycles. The van der Waals surface area contributed by atoms with Gasteiger partial charge in [0.15, 0.2) is 5.82 Å². The maximum Gasteiger partial charge on any atom is 0.416 e. The number of imidazole rings is 1. The Balaban J connectivity index is 1.42. The van der Waals surface area contributed by atoms with Crippen molar-refractivity contribution in [2.24, 2.45) is 0 Å². The number of hydrogen-bond acceptors (Lipinski definition) is 4. The van der Waals surface area contributed by atoms with E-state index in [2.05, 4.69) is 20.1 Å². The largest absolute Gasteiger partial charge is 0.416 e. The summed E-state index contributed by atoms with van der Waals surface area (Å²) in [7, 11) is 0. The molecule has 3 aromatic heterocycles. The molecule has 10 heteroatoms. The first-order valence-electron chi connectivity index (χ1n) is 10.8. The minimum Gasteiger partial charge on any atom is -0.302 e. The van der Waals surface area contributed by atoms with Crippen LogP contribution in [0.3, 0.4) is 0 Å². The van der Waals surface area contributed by atoms with E-state index in [1.807, 2.05) is 6.92 Å². The van der Waals surface area contributed by atoms with Crippen LogP contribution in [0.4, 0.5) is 17.6 Å². The van der Waals surface area contributed by atoms with E-state index in [0.717, 1.165) is 11.8 Å². The minimum absolute atomic E-state index is 0.202. The van der Waals surface area contributed by atoms with Crippen molar-refractivity contribution in [1.29, 1.82) is 0 Å². The van der Waals surface area contributed by atoms with Crippen molar-refractivity contribution in [3.05, 3.63) is 89.0 Å². The van der Waals surface area contributed by atoms with Gasteiger partial charge in [0.25, 0.3) is 0 Å². The highest BCUT2D eigenvalue weighted by Gasteiger charge is 2.37. The average Bonchev–Trinajstić information content (AvgIpc) is 3.43. The fourth-order valence-electron chi connectivity index (χ4n) is 4.23. The summed E-state index contributed by atoms with van der Waals surface area (Å²) in [6, 6.07) is 8.85. The normalized spacial score (nSPS) is 16.2. The Morgan fingerprint density at radius 2 is 1.88 bits per heavy atom. The lowest BCUT2D eigenvalue weighted by Gasteiger charge is -2.25. The van der Waals surface area contributed by atoms with E-state index < -0.39 is 23.6 Å². The zero-order valence-electron chi connectivity index (χ0n) is 18.2. The van der Waals surface area contributed by atoms with Crippen molar-refractivity contribution in [2.75, 3.05) is 0 Å². The number of pyridine rings is 1. The topological polar surface area (TPSA) is 61.4 Å². The number of benzene rings is 1. The van der Waals surface area contributed by atoms with Gasteiger partial charge in [0.05, 0.1) is 23.3 Å². The molecule has 6 nitrogen and oxygen atoms in total. The summed E-state index contributed by atoms with van der Waals surface area (Å²) in [6.45, 7) is 2.38. The average molecular weight is 468 g/mol. The first kappa shape index (κ1) is 22.0. The number of aryl methyl sites for hydroxylation is 2. The Bertz CT molecular complexity index is 1370.